The molecule has 1 aliphatic rings. The highest BCUT2D eigenvalue weighted by atomic mass is 32.1. The SMILES string of the molecule is CCCNCc1sc(C2CCC2)nc1CCC. The minimum atomic E-state index is 0.788. The number of rotatable bonds is 7. The zero-order valence-corrected chi connectivity index (χ0v) is 11.9. The number of thiazole rings is 1. The lowest BCUT2D eigenvalue weighted by Gasteiger charge is -2.22. The van der Waals surface area contributed by atoms with Crippen molar-refractivity contribution in [2.45, 2.75) is 64.8 Å². The standard InChI is InChI=1S/C14H24N2S/c1-3-6-12-13(10-15-9-4-2)17-14(16-12)11-7-5-8-11/h11,15H,3-10H2,1-2H3. The Balaban J connectivity index is 2.01. The van der Waals surface area contributed by atoms with E-state index in [1.54, 1.807) is 0 Å². The van der Waals surface area contributed by atoms with E-state index < -0.39 is 0 Å². The Hall–Kier alpha value is -0.410. The molecule has 0 atom stereocenters. The predicted molar refractivity (Wildman–Crippen MR) is 74.7 cm³/mol. The lowest BCUT2D eigenvalue weighted by molar-refractivity contribution is 0.417. The number of aromatic nitrogens is 1. The van der Waals surface area contributed by atoms with Gasteiger partial charge < -0.3 is 5.32 Å². The van der Waals surface area contributed by atoms with Crippen LogP contribution in [0.4, 0.5) is 0 Å². The molecule has 0 aromatic carbocycles. The van der Waals surface area contributed by atoms with Crippen molar-refractivity contribution in [3.05, 3.63) is 15.6 Å². The lowest BCUT2D eigenvalue weighted by atomic mass is 9.86. The average Bonchev–Trinajstić information content (AvgIpc) is 2.60. The first kappa shape index (κ1) is 13.0. The Bertz CT molecular complexity index is 342. The third kappa shape index (κ3) is 3.29. The van der Waals surface area contributed by atoms with E-state index in [0.717, 1.165) is 25.4 Å². The van der Waals surface area contributed by atoms with E-state index in [2.05, 4.69) is 19.2 Å². The summed E-state index contributed by atoms with van der Waals surface area (Å²) in [6.45, 7) is 6.59. The highest BCUT2D eigenvalue weighted by Crippen LogP contribution is 2.39. The average molecular weight is 252 g/mol. The molecular formula is C14H24N2S. The first-order chi connectivity index (χ1) is 8.35. The van der Waals surface area contributed by atoms with Crippen LogP contribution in [0.5, 0.6) is 0 Å². The van der Waals surface area contributed by atoms with Crippen molar-refractivity contribution < 1.29 is 0 Å². The van der Waals surface area contributed by atoms with Crippen LogP contribution in [0.3, 0.4) is 0 Å². The van der Waals surface area contributed by atoms with Crippen LogP contribution in [-0.4, -0.2) is 11.5 Å². The van der Waals surface area contributed by atoms with Gasteiger partial charge in [0, 0.05) is 17.3 Å². The van der Waals surface area contributed by atoms with Crippen LogP contribution in [0, 0.1) is 0 Å². The van der Waals surface area contributed by atoms with Crippen LogP contribution in [0.1, 0.15) is 67.4 Å². The van der Waals surface area contributed by atoms with Crippen LogP contribution < -0.4 is 5.32 Å². The van der Waals surface area contributed by atoms with Crippen LogP contribution >= 0.6 is 11.3 Å². The summed E-state index contributed by atoms with van der Waals surface area (Å²) in [7, 11) is 0. The van der Waals surface area contributed by atoms with Crippen molar-refractivity contribution in [1.29, 1.82) is 0 Å². The van der Waals surface area contributed by atoms with Gasteiger partial charge in [0.05, 0.1) is 10.7 Å². The maximum atomic E-state index is 4.88. The van der Waals surface area contributed by atoms with Crippen LogP contribution in [-0.2, 0) is 13.0 Å². The molecule has 1 heterocycles. The van der Waals surface area contributed by atoms with E-state index in [0.29, 0.717) is 0 Å². The van der Waals surface area contributed by atoms with Gasteiger partial charge in [-0.3, -0.25) is 0 Å². The van der Waals surface area contributed by atoms with E-state index >= 15 is 0 Å². The lowest BCUT2D eigenvalue weighted by Crippen LogP contribution is -2.13. The summed E-state index contributed by atoms with van der Waals surface area (Å²) < 4.78 is 0. The Morgan fingerprint density at radius 2 is 2.12 bits per heavy atom. The molecule has 1 fully saturated rings. The van der Waals surface area contributed by atoms with Gasteiger partial charge in [0.2, 0.25) is 0 Å². The highest BCUT2D eigenvalue weighted by molar-refractivity contribution is 7.11. The molecular weight excluding hydrogens is 228 g/mol. The van der Waals surface area contributed by atoms with Gasteiger partial charge in [-0.05, 0) is 32.2 Å². The minimum absolute atomic E-state index is 0.788. The van der Waals surface area contributed by atoms with Gasteiger partial charge in [-0.2, -0.15) is 0 Å². The molecule has 2 rings (SSSR count). The van der Waals surface area contributed by atoms with Crippen molar-refractivity contribution in [2.75, 3.05) is 6.54 Å². The summed E-state index contributed by atoms with van der Waals surface area (Å²) in [6, 6.07) is 0. The number of nitrogens with one attached hydrogen (secondary N) is 1. The van der Waals surface area contributed by atoms with Crippen LogP contribution in [0.25, 0.3) is 0 Å². The van der Waals surface area contributed by atoms with E-state index in [1.807, 2.05) is 11.3 Å². The highest BCUT2D eigenvalue weighted by Gasteiger charge is 2.24. The molecule has 1 aromatic heterocycles. The van der Waals surface area contributed by atoms with Gasteiger partial charge in [0.15, 0.2) is 0 Å². The van der Waals surface area contributed by atoms with E-state index in [4.69, 9.17) is 4.98 Å². The molecule has 0 saturated heterocycles. The van der Waals surface area contributed by atoms with Crippen LogP contribution in [0.15, 0.2) is 0 Å². The number of hydrogen-bond donors (Lipinski definition) is 1. The quantitative estimate of drug-likeness (QED) is 0.745. The Morgan fingerprint density at radius 1 is 1.29 bits per heavy atom. The Labute approximate surface area is 109 Å². The van der Waals surface area contributed by atoms with Crippen molar-refractivity contribution >= 4 is 11.3 Å². The molecule has 2 nitrogen and oxygen atoms in total. The zero-order valence-electron chi connectivity index (χ0n) is 11.1. The molecule has 0 spiro atoms. The molecule has 1 aliphatic carbocycles. The summed E-state index contributed by atoms with van der Waals surface area (Å²) in [5.41, 5.74) is 1.36. The number of nitrogens with zero attached hydrogens (tertiary/aromatic N) is 1. The fourth-order valence-corrected chi connectivity index (χ4v) is 3.43. The van der Waals surface area contributed by atoms with E-state index in [1.165, 1.54) is 47.7 Å². The van der Waals surface area contributed by atoms with Crippen molar-refractivity contribution in [2.24, 2.45) is 0 Å². The summed E-state index contributed by atoms with van der Waals surface area (Å²) in [5, 5.41) is 4.92. The predicted octanol–water partition coefficient (Wildman–Crippen LogP) is 3.86. The monoisotopic (exact) mass is 252 g/mol. The van der Waals surface area contributed by atoms with Gasteiger partial charge in [-0.25, -0.2) is 4.98 Å². The third-order valence-corrected chi connectivity index (χ3v) is 4.71. The van der Waals surface area contributed by atoms with Crippen molar-refractivity contribution in [3.63, 3.8) is 0 Å². The molecule has 96 valence electrons. The normalized spacial score (nSPS) is 16.1. The molecule has 1 saturated carbocycles. The molecule has 0 radical (unpaired) electrons. The molecule has 1 aromatic rings. The Morgan fingerprint density at radius 3 is 2.71 bits per heavy atom. The number of hydrogen-bond acceptors (Lipinski definition) is 3. The topological polar surface area (TPSA) is 24.9 Å². The van der Waals surface area contributed by atoms with Gasteiger partial charge in [-0.1, -0.05) is 26.7 Å². The summed E-state index contributed by atoms with van der Waals surface area (Å²) >= 11 is 1.96. The van der Waals surface area contributed by atoms with E-state index in [-0.39, 0.29) is 0 Å². The maximum absolute atomic E-state index is 4.88. The van der Waals surface area contributed by atoms with Crippen LogP contribution in [0.2, 0.25) is 0 Å². The van der Waals surface area contributed by atoms with Crippen molar-refractivity contribution in [3.8, 4) is 0 Å². The molecule has 0 unspecified atom stereocenters. The second-order valence-electron chi connectivity index (χ2n) is 4.98. The summed E-state index contributed by atoms with van der Waals surface area (Å²) in [4.78, 5) is 6.37. The van der Waals surface area contributed by atoms with Gasteiger partial charge in [0.1, 0.15) is 0 Å². The smallest absolute Gasteiger partial charge is 0.0962 e. The molecule has 17 heavy (non-hydrogen) atoms. The fourth-order valence-electron chi connectivity index (χ4n) is 2.18. The zero-order chi connectivity index (χ0) is 12.1. The van der Waals surface area contributed by atoms with Gasteiger partial charge in [-0.15, -0.1) is 11.3 Å². The summed E-state index contributed by atoms with van der Waals surface area (Å²) in [6.07, 6.45) is 7.68. The number of aryl methyl sites for hydroxylation is 1. The molecule has 1 N–H and O–H groups in total. The second kappa shape index (κ2) is 6.50. The molecule has 0 amide bonds. The van der Waals surface area contributed by atoms with Gasteiger partial charge >= 0.3 is 0 Å². The molecule has 0 bridgehead atoms. The first-order valence-corrected chi connectivity index (χ1v) is 7.86. The van der Waals surface area contributed by atoms with Gasteiger partial charge in [0.25, 0.3) is 0 Å². The first-order valence-electron chi connectivity index (χ1n) is 7.04. The molecule has 3 heteroatoms. The summed E-state index contributed by atoms with van der Waals surface area (Å²) in [5.74, 6) is 0.788. The fraction of sp³-hybridized carbons (Fsp3) is 0.786. The minimum Gasteiger partial charge on any atom is -0.312 e. The molecule has 0 aliphatic heterocycles. The third-order valence-electron chi connectivity index (χ3n) is 3.45. The van der Waals surface area contributed by atoms with Crippen molar-refractivity contribution in [1.82, 2.24) is 10.3 Å². The second-order valence-corrected chi connectivity index (χ2v) is 6.09. The largest absolute Gasteiger partial charge is 0.312 e. The Kier molecular flexibility index (Phi) is 4.99. The maximum Gasteiger partial charge on any atom is 0.0962 e. The van der Waals surface area contributed by atoms with E-state index in [9.17, 15) is 0 Å².